The maximum Gasteiger partial charge on any atom is 0.410 e. The summed E-state index contributed by atoms with van der Waals surface area (Å²) in [4.78, 5) is 21.0. The van der Waals surface area contributed by atoms with E-state index in [4.69, 9.17) is 4.74 Å². The Hall–Kier alpha value is -2.56. The standard InChI is InChI=1S/C22H29N3O2/c1-16-8-6-9-17(2)19(16)18-10-7-11-23-20(18)24-12-14-25(15-13-24)21(26)27-22(3,4)5/h6-11H,12-15H2,1-5H3. The zero-order chi connectivity index (χ0) is 19.6. The van der Waals surface area contributed by atoms with Crippen LogP contribution in [0.2, 0.25) is 0 Å². The molecule has 1 saturated heterocycles. The van der Waals surface area contributed by atoms with Crippen molar-refractivity contribution < 1.29 is 9.53 Å². The molecule has 1 aromatic carbocycles. The molecule has 144 valence electrons. The molecule has 1 fully saturated rings. The molecule has 2 heterocycles. The molecule has 3 rings (SSSR count). The quantitative estimate of drug-likeness (QED) is 0.788. The van der Waals surface area contributed by atoms with Crippen LogP contribution in [0.15, 0.2) is 36.5 Å². The van der Waals surface area contributed by atoms with Crippen LogP contribution < -0.4 is 4.90 Å². The van der Waals surface area contributed by atoms with Crippen molar-refractivity contribution in [1.29, 1.82) is 0 Å². The number of piperazine rings is 1. The number of hydrogen-bond acceptors (Lipinski definition) is 4. The van der Waals surface area contributed by atoms with Crippen molar-refractivity contribution in [3.63, 3.8) is 0 Å². The van der Waals surface area contributed by atoms with Gasteiger partial charge in [-0.1, -0.05) is 18.2 Å². The first-order valence-electron chi connectivity index (χ1n) is 9.51. The van der Waals surface area contributed by atoms with Crippen LogP contribution in [0.25, 0.3) is 11.1 Å². The minimum Gasteiger partial charge on any atom is -0.444 e. The van der Waals surface area contributed by atoms with Crippen LogP contribution in [0.1, 0.15) is 31.9 Å². The Morgan fingerprint density at radius 1 is 1.00 bits per heavy atom. The topological polar surface area (TPSA) is 45.7 Å². The van der Waals surface area contributed by atoms with Crippen molar-refractivity contribution in [3.05, 3.63) is 47.7 Å². The van der Waals surface area contributed by atoms with Gasteiger partial charge in [-0.05, 0) is 63.4 Å². The molecule has 1 aromatic heterocycles. The summed E-state index contributed by atoms with van der Waals surface area (Å²) >= 11 is 0. The van der Waals surface area contributed by atoms with Gasteiger partial charge < -0.3 is 14.5 Å². The molecule has 0 N–H and O–H groups in total. The maximum atomic E-state index is 12.3. The van der Waals surface area contributed by atoms with Crippen molar-refractivity contribution in [1.82, 2.24) is 9.88 Å². The Balaban J connectivity index is 1.79. The highest BCUT2D eigenvalue weighted by Gasteiger charge is 2.27. The number of aromatic nitrogens is 1. The lowest BCUT2D eigenvalue weighted by molar-refractivity contribution is 0.0240. The SMILES string of the molecule is Cc1cccc(C)c1-c1cccnc1N1CCN(C(=O)OC(C)(C)C)CC1. The normalized spacial score (nSPS) is 15.0. The van der Waals surface area contributed by atoms with Gasteiger partial charge >= 0.3 is 6.09 Å². The molecule has 0 saturated carbocycles. The van der Waals surface area contributed by atoms with Crippen LogP contribution in [0, 0.1) is 13.8 Å². The van der Waals surface area contributed by atoms with Gasteiger partial charge in [0, 0.05) is 37.9 Å². The summed E-state index contributed by atoms with van der Waals surface area (Å²) in [5, 5.41) is 0. The van der Waals surface area contributed by atoms with E-state index in [9.17, 15) is 4.79 Å². The van der Waals surface area contributed by atoms with E-state index in [1.165, 1.54) is 16.7 Å². The predicted octanol–water partition coefficient (Wildman–Crippen LogP) is 4.42. The number of pyridine rings is 1. The van der Waals surface area contributed by atoms with E-state index in [2.05, 4.69) is 48.0 Å². The van der Waals surface area contributed by atoms with Crippen LogP contribution in [0.5, 0.6) is 0 Å². The summed E-state index contributed by atoms with van der Waals surface area (Å²) in [7, 11) is 0. The molecular weight excluding hydrogens is 338 g/mol. The van der Waals surface area contributed by atoms with E-state index >= 15 is 0 Å². The molecule has 0 unspecified atom stereocenters. The number of rotatable bonds is 2. The third kappa shape index (κ3) is 4.41. The molecule has 2 aromatic rings. The first-order valence-corrected chi connectivity index (χ1v) is 9.51. The van der Waals surface area contributed by atoms with E-state index in [-0.39, 0.29) is 6.09 Å². The molecule has 0 spiro atoms. The van der Waals surface area contributed by atoms with E-state index < -0.39 is 5.60 Å². The van der Waals surface area contributed by atoms with Gasteiger partial charge in [0.2, 0.25) is 0 Å². The molecule has 5 heteroatoms. The van der Waals surface area contributed by atoms with Crippen LogP contribution in [-0.4, -0.2) is 47.8 Å². The van der Waals surface area contributed by atoms with Crippen LogP contribution in [0.4, 0.5) is 10.6 Å². The lowest BCUT2D eigenvalue weighted by atomic mass is 9.96. The minimum absolute atomic E-state index is 0.238. The van der Waals surface area contributed by atoms with E-state index in [0.717, 1.165) is 24.5 Å². The minimum atomic E-state index is -0.468. The zero-order valence-corrected chi connectivity index (χ0v) is 17.0. The van der Waals surface area contributed by atoms with Gasteiger partial charge in [-0.15, -0.1) is 0 Å². The molecule has 0 bridgehead atoms. The Morgan fingerprint density at radius 2 is 1.63 bits per heavy atom. The van der Waals surface area contributed by atoms with Gasteiger partial charge in [-0.2, -0.15) is 0 Å². The van der Waals surface area contributed by atoms with E-state index in [0.29, 0.717) is 13.1 Å². The third-order valence-corrected chi connectivity index (χ3v) is 4.77. The fourth-order valence-corrected chi connectivity index (χ4v) is 3.51. The number of carbonyl (C=O) groups is 1. The Kier molecular flexibility index (Phi) is 5.40. The largest absolute Gasteiger partial charge is 0.444 e. The molecule has 0 aliphatic carbocycles. The van der Waals surface area contributed by atoms with E-state index in [1.807, 2.05) is 33.0 Å². The number of carbonyl (C=O) groups excluding carboxylic acids is 1. The van der Waals surface area contributed by atoms with Crippen LogP contribution >= 0.6 is 0 Å². The number of amides is 1. The molecule has 1 aliphatic rings. The second kappa shape index (κ2) is 7.59. The fourth-order valence-electron chi connectivity index (χ4n) is 3.51. The van der Waals surface area contributed by atoms with Gasteiger partial charge in [0.1, 0.15) is 11.4 Å². The second-order valence-electron chi connectivity index (χ2n) is 8.10. The summed E-state index contributed by atoms with van der Waals surface area (Å²) in [6.45, 7) is 12.7. The maximum absolute atomic E-state index is 12.3. The summed E-state index contributed by atoms with van der Waals surface area (Å²) in [5.41, 5.74) is 4.42. The zero-order valence-electron chi connectivity index (χ0n) is 17.0. The number of hydrogen-bond donors (Lipinski definition) is 0. The number of anilines is 1. The summed E-state index contributed by atoms with van der Waals surface area (Å²) in [6, 6.07) is 10.5. The number of nitrogens with zero attached hydrogens (tertiary/aromatic N) is 3. The van der Waals surface area contributed by atoms with Crippen molar-refractivity contribution in [2.45, 2.75) is 40.2 Å². The first-order chi connectivity index (χ1) is 12.8. The van der Waals surface area contributed by atoms with Gasteiger partial charge in [0.15, 0.2) is 0 Å². The summed E-state index contributed by atoms with van der Waals surface area (Å²) < 4.78 is 5.50. The van der Waals surface area contributed by atoms with Crippen molar-refractivity contribution in [2.75, 3.05) is 31.1 Å². The highest BCUT2D eigenvalue weighted by molar-refractivity contribution is 5.80. The van der Waals surface area contributed by atoms with E-state index in [1.54, 1.807) is 4.90 Å². The summed E-state index contributed by atoms with van der Waals surface area (Å²) in [6.07, 6.45) is 1.60. The third-order valence-electron chi connectivity index (χ3n) is 4.77. The molecule has 27 heavy (non-hydrogen) atoms. The Bertz CT molecular complexity index is 798. The Morgan fingerprint density at radius 3 is 2.22 bits per heavy atom. The molecule has 5 nitrogen and oxygen atoms in total. The van der Waals surface area contributed by atoms with Gasteiger partial charge in [0.25, 0.3) is 0 Å². The summed E-state index contributed by atoms with van der Waals surface area (Å²) in [5.74, 6) is 0.985. The lowest BCUT2D eigenvalue weighted by Gasteiger charge is -2.37. The molecule has 1 amide bonds. The average Bonchev–Trinajstić information content (AvgIpc) is 2.61. The Labute approximate surface area is 162 Å². The fraction of sp³-hybridized carbons (Fsp3) is 0.455. The lowest BCUT2D eigenvalue weighted by Crippen LogP contribution is -2.50. The van der Waals surface area contributed by atoms with Crippen molar-refractivity contribution >= 4 is 11.9 Å². The van der Waals surface area contributed by atoms with Crippen LogP contribution in [0.3, 0.4) is 0 Å². The van der Waals surface area contributed by atoms with Crippen LogP contribution in [-0.2, 0) is 4.74 Å². The smallest absolute Gasteiger partial charge is 0.410 e. The predicted molar refractivity (Wildman–Crippen MR) is 109 cm³/mol. The highest BCUT2D eigenvalue weighted by atomic mass is 16.6. The number of aryl methyl sites for hydroxylation is 2. The molecule has 0 atom stereocenters. The molecular formula is C22H29N3O2. The first kappa shape index (κ1) is 19.2. The van der Waals surface area contributed by atoms with Gasteiger partial charge in [-0.25, -0.2) is 9.78 Å². The van der Waals surface area contributed by atoms with Crippen molar-refractivity contribution in [2.24, 2.45) is 0 Å². The van der Waals surface area contributed by atoms with Gasteiger partial charge in [-0.3, -0.25) is 0 Å². The average molecular weight is 367 g/mol. The highest BCUT2D eigenvalue weighted by Crippen LogP contribution is 2.34. The van der Waals surface area contributed by atoms with Crippen molar-refractivity contribution in [3.8, 4) is 11.1 Å². The number of benzene rings is 1. The monoisotopic (exact) mass is 367 g/mol. The van der Waals surface area contributed by atoms with Gasteiger partial charge in [0.05, 0.1) is 0 Å². The number of ether oxygens (including phenoxy) is 1. The molecule has 0 radical (unpaired) electrons. The molecule has 1 aliphatic heterocycles. The second-order valence-corrected chi connectivity index (χ2v) is 8.10.